The topological polar surface area (TPSA) is 22.0 Å². The number of ketones is 1. The van der Waals surface area contributed by atoms with Gasteiger partial charge in [0.2, 0.25) is 0 Å². The quantitative estimate of drug-likeness (QED) is 0.755. The predicted molar refractivity (Wildman–Crippen MR) is 69.1 cm³/mol. The Kier molecular flexibility index (Phi) is 3.60. The molecule has 0 spiro atoms. The van der Waals surface area contributed by atoms with Crippen LogP contribution in [0.4, 0.5) is 4.39 Å². The highest BCUT2D eigenvalue weighted by Gasteiger charge is 2.11. The molecule has 0 saturated heterocycles. The average molecular weight is 245 g/mol. The van der Waals surface area contributed by atoms with Crippen LogP contribution in [0.5, 0.6) is 0 Å². The van der Waals surface area contributed by atoms with E-state index in [1.54, 1.807) is 6.07 Å². The molecule has 3 heteroatoms. The van der Waals surface area contributed by atoms with Crippen molar-refractivity contribution in [3.05, 3.63) is 59.7 Å². The van der Waals surface area contributed by atoms with Crippen LogP contribution in [0.2, 0.25) is 0 Å². The smallest absolute Gasteiger partial charge is 0.166 e. The molecule has 18 heavy (non-hydrogen) atoms. The number of hydrogen-bond acceptors (Lipinski definition) is 1. The summed E-state index contributed by atoms with van der Waals surface area (Å²) in [6.45, 7) is 4.33. The van der Waals surface area contributed by atoms with E-state index in [9.17, 15) is 9.18 Å². The van der Waals surface area contributed by atoms with Crippen LogP contribution in [0.25, 0.3) is 0 Å². The first-order valence-electron chi connectivity index (χ1n) is 6.00. The van der Waals surface area contributed by atoms with Crippen molar-refractivity contribution in [2.45, 2.75) is 20.4 Å². The van der Waals surface area contributed by atoms with Crippen LogP contribution in [-0.2, 0) is 6.54 Å². The number of carbonyl (C=O) groups excluding carboxylic acids is 1. The fourth-order valence-electron chi connectivity index (χ4n) is 1.86. The van der Waals surface area contributed by atoms with Gasteiger partial charge in [0, 0.05) is 30.4 Å². The standard InChI is InChI=1S/C15H16FNO/c1-11(2)15(18)13-6-7-17(10-13)9-12-4-3-5-14(16)8-12/h3-8,10-11H,9H2,1-2H3. The Labute approximate surface area is 106 Å². The fraction of sp³-hybridized carbons (Fsp3) is 0.267. The molecule has 0 atom stereocenters. The molecule has 2 nitrogen and oxygen atoms in total. The highest BCUT2D eigenvalue weighted by atomic mass is 19.1. The molecule has 0 bridgehead atoms. The lowest BCUT2D eigenvalue weighted by atomic mass is 10.0. The number of carbonyl (C=O) groups is 1. The minimum absolute atomic E-state index is 0.00461. The molecule has 0 N–H and O–H groups in total. The third-order valence-electron chi connectivity index (χ3n) is 2.81. The number of benzene rings is 1. The fourth-order valence-corrected chi connectivity index (χ4v) is 1.86. The van der Waals surface area contributed by atoms with Crippen molar-refractivity contribution in [2.24, 2.45) is 5.92 Å². The summed E-state index contributed by atoms with van der Waals surface area (Å²) in [5, 5.41) is 0. The second kappa shape index (κ2) is 5.17. The summed E-state index contributed by atoms with van der Waals surface area (Å²) in [5.74, 6) is -0.110. The van der Waals surface area contributed by atoms with E-state index in [1.165, 1.54) is 12.1 Å². The summed E-state index contributed by atoms with van der Waals surface area (Å²) in [7, 11) is 0. The van der Waals surface area contributed by atoms with Gasteiger partial charge in [-0.1, -0.05) is 26.0 Å². The van der Waals surface area contributed by atoms with Gasteiger partial charge < -0.3 is 4.57 Å². The summed E-state index contributed by atoms with van der Waals surface area (Å²) in [6, 6.07) is 8.29. The minimum Gasteiger partial charge on any atom is -0.349 e. The van der Waals surface area contributed by atoms with Gasteiger partial charge in [-0.3, -0.25) is 4.79 Å². The van der Waals surface area contributed by atoms with Crippen molar-refractivity contribution < 1.29 is 9.18 Å². The van der Waals surface area contributed by atoms with Crippen LogP contribution in [0, 0.1) is 11.7 Å². The second-order valence-electron chi connectivity index (χ2n) is 4.72. The largest absolute Gasteiger partial charge is 0.349 e. The highest BCUT2D eigenvalue weighted by molar-refractivity contribution is 5.97. The maximum Gasteiger partial charge on any atom is 0.166 e. The third kappa shape index (κ3) is 2.86. The molecule has 1 aromatic carbocycles. The van der Waals surface area contributed by atoms with Gasteiger partial charge in [0.05, 0.1) is 0 Å². The van der Waals surface area contributed by atoms with E-state index >= 15 is 0 Å². The molecule has 0 fully saturated rings. The number of Topliss-reactive ketones (excluding diaryl/α,β-unsaturated/α-hetero) is 1. The van der Waals surface area contributed by atoms with E-state index in [4.69, 9.17) is 0 Å². The van der Waals surface area contributed by atoms with Gasteiger partial charge in [-0.2, -0.15) is 0 Å². The van der Waals surface area contributed by atoms with E-state index in [2.05, 4.69) is 0 Å². The average Bonchev–Trinajstić information content (AvgIpc) is 2.76. The van der Waals surface area contributed by atoms with Crippen LogP contribution in [0.3, 0.4) is 0 Å². The van der Waals surface area contributed by atoms with Gasteiger partial charge in [0.25, 0.3) is 0 Å². The van der Waals surface area contributed by atoms with Crippen molar-refractivity contribution in [2.75, 3.05) is 0 Å². The van der Waals surface area contributed by atoms with Gasteiger partial charge in [0.15, 0.2) is 5.78 Å². The van der Waals surface area contributed by atoms with Gasteiger partial charge in [-0.05, 0) is 23.8 Å². The van der Waals surface area contributed by atoms with Crippen LogP contribution in [0.1, 0.15) is 29.8 Å². The lowest BCUT2D eigenvalue weighted by Gasteiger charge is -2.03. The molecule has 2 aromatic rings. The van der Waals surface area contributed by atoms with Crippen LogP contribution in [-0.4, -0.2) is 10.4 Å². The summed E-state index contributed by atoms with van der Waals surface area (Å²) >= 11 is 0. The molecule has 0 amide bonds. The predicted octanol–water partition coefficient (Wildman–Crippen LogP) is 3.51. The van der Waals surface area contributed by atoms with Crippen molar-refractivity contribution >= 4 is 5.78 Å². The Morgan fingerprint density at radius 1 is 1.33 bits per heavy atom. The van der Waals surface area contributed by atoms with E-state index in [0.717, 1.165) is 5.56 Å². The summed E-state index contributed by atoms with van der Waals surface area (Å²) in [6.07, 6.45) is 3.66. The molecule has 0 aliphatic heterocycles. The molecule has 0 aliphatic carbocycles. The molecule has 0 aliphatic rings. The zero-order valence-electron chi connectivity index (χ0n) is 10.6. The number of rotatable bonds is 4. The molecule has 0 unspecified atom stereocenters. The molecular formula is C15H16FNO. The third-order valence-corrected chi connectivity index (χ3v) is 2.81. The zero-order valence-corrected chi connectivity index (χ0v) is 10.6. The molecular weight excluding hydrogens is 229 g/mol. The first-order valence-corrected chi connectivity index (χ1v) is 6.00. The maximum atomic E-state index is 13.0. The molecule has 0 radical (unpaired) electrons. The maximum absolute atomic E-state index is 13.0. The second-order valence-corrected chi connectivity index (χ2v) is 4.72. The van der Waals surface area contributed by atoms with E-state index in [-0.39, 0.29) is 17.5 Å². The number of hydrogen-bond donors (Lipinski definition) is 0. The number of aromatic nitrogens is 1. The van der Waals surface area contributed by atoms with E-state index in [1.807, 2.05) is 42.9 Å². The van der Waals surface area contributed by atoms with Crippen LogP contribution >= 0.6 is 0 Å². The van der Waals surface area contributed by atoms with Crippen molar-refractivity contribution in [3.63, 3.8) is 0 Å². The Hall–Kier alpha value is -1.90. The molecule has 1 aromatic heterocycles. The minimum atomic E-state index is -0.238. The Balaban J connectivity index is 2.14. The normalized spacial score (nSPS) is 10.9. The number of halogens is 1. The van der Waals surface area contributed by atoms with Gasteiger partial charge in [0.1, 0.15) is 5.82 Å². The first kappa shape index (κ1) is 12.6. The van der Waals surface area contributed by atoms with Gasteiger partial charge in [-0.15, -0.1) is 0 Å². The summed E-state index contributed by atoms with van der Waals surface area (Å²) < 4.78 is 14.9. The summed E-state index contributed by atoms with van der Waals surface area (Å²) in [4.78, 5) is 11.8. The number of nitrogens with zero attached hydrogens (tertiary/aromatic N) is 1. The molecule has 1 heterocycles. The monoisotopic (exact) mass is 245 g/mol. The van der Waals surface area contributed by atoms with Gasteiger partial charge >= 0.3 is 0 Å². The Morgan fingerprint density at radius 2 is 2.11 bits per heavy atom. The Bertz CT molecular complexity index is 557. The highest BCUT2D eigenvalue weighted by Crippen LogP contribution is 2.11. The van der Waals surface area contributed by atoms with Crippen molar-refractivity contribution in [1.29, 1.82) is 0 Å². The lowest BCUT2D eigenvalue weighted by molar-refractivity contribution is 0.0939. The Morgan fingerprint density at radius 3 is 2.78 bits per heavy atom. The first-order chi connectivity index (χ1) is 8.56. The van der Waals surface area contributed by atoms with Crippen molar-refractivity contribution in [1.82, 2.24) is 4.57 Å². The van der Waals surface area contributed by atoms with Gasteiger partial charge in [-0.25, -0.2) is 4.39 Å². The molecule has 94 valence electrons. The zero-order chi connectivity index (χ0) is 13.1. The molecule has 2 rings (SSSR count). The summed E-state index contributed by atoms with van der Waals surface area (Å²) in [5.41, 5.74) is 1.59. The van der Waals surface area contributed by atoms with Crippen LogP contribution in [0.15, 0.2) is 42.7 Å². The SMILES string of the molecule is CC(C)C(=O)c1ccn(Cc2cccc(F)c2)c1. The lowest BCUT2D eigenvalue weighted by Crippen LogP contribution is -2.06. The van der Waals surface area contributed by atoms with Crippen LogP contribution < -0.4 is 0 Å². The molecule has 0 saturated carbocycles. The van der Waals surface area contributed by atoms with E-state index in [0.29, 0.717) is 12.1 Å². The van der Waals surface area contributed by atoms with Crippen molar-refractivity contribution in [3.8, 4) is 0 Å². The van der Waals surface area contributed by atoms with E-state index < -0.39 is 0 Å².